The molecule has 2 heterocycles. The van der Waals surface area contributed by atoms with Crippen molar-refractivity contribution in [3.63, 3.8) is 0 Å². The number of fused-ring (bicyclic) bond motifs is 2. The van der Waals surface area contributed by atoms with Gasteiger partial charge in [0.05, 0.1) is 0 Å². The summed E-state index contributed by atoms with van der Waals surface area (Å²) in [4.78, 5) is 3.11. The highest BCUT2D eigenvalue weighted by Gasteiger charge is 2.30. The van der Waals surface area contributed by atoms with Gasteiger partial charge < -0.3 is 10.2 Å². The molecule has 6 rings (SSSR count). The lowest BCUT2D eigenvalue weighted by molar-refractivity contribution is 0.283. The van der Waals surface area contributed by atoms with Crippen molar-refractivity contribution in [2.24, 2.45) is 5.41 Å². The summed E-state index contributed by atoms with van der Waals surface area (Å²) in [6.45, 7) is 23.9. The molecular formula is C47H60N6O2. The summed E-state index contributed by atoms with van der Waals surface area (Å²) < 4.78 is 0. The molecule has 0 radical (unpaired) electrons. The van der Waals surface area contributed by atoms with Crippen LogP contribution in [-0.4, -0.2) is 40.2 Å². The fourth-order valence-electron chi connectivity index (χ4n) is 7.55. The Morgan fingerprint density at radius 2 is 1.24 bits per heavy atom. The van der Waals surface area contributed by atoms with E-state index >= 15 is 0 Å². The van der Waals surface area contributed by atoms with Crippen molar-refractivity contribution in [3.8, 4) is 22.9 Å². The lowest BCUT2D eigenvalue weighted by Gasteiger charge is -2.34. The van der Waals surface area contributed by atoms with Crippen LogP contribution in [0.4, 0.5) is 0 Å². The van der Waals surface area contributed by atoms with E-state index in [2.05, 4.69) is 107 Å². The van der Waals surface area contributed by atoms with E-state index in [1.165, 1.54) is 23.2 Å². The Labute approximate surface area is 327 Å². The summed E-state index contributed by atoms with van der Waals surface area (Å²) in [5, 5.41) is 40.4. The molecule has 6 aromatic rings. The van der Waals surface area contributed by atoms with Crippen LogP contribution < -0.4 is 0 Å². The number of unbranched alkanes of at least 4 members (excludes halogenated alkanes) is 2. The Balaban J connectivity index is 0.000000214. The van der Waals surface area contributed by atoms with Crippen LogP contribution in [0.1, 0.15) is 128 Å². The summed E-state index contributed by atoms with van der Waals surface area (Å²) in [6.07, 6.45) is 12.7. The first-order chi connectivity index (χ1) is 26.1. The lowest BCUT2D eigenvalue weighted by atomic mass is 9.71. The fraction of sp³-hybridized carbons (Fsp3) is 0.404. The third-order valence-electron chi connectivity index (χ3n) is 10.1. The van der Waals surface area contributed by atoms with E-state index in [0.717, 1.165) is 64.4 Å². The van der Waals surface area contributed by atoms with Crippen LogP contribution in [0.2, 0.25) is 0 Å². The van der Waals surface area contributed by atoms with Crippen molar-refractivity contribution in [2.45, 2.75) is 118 Å². The predicted molar refractivity (Wildman–Crippen MR) is 228 cm³/mol. The van der Waals surface area contributed by atoms with Crippen molar-refractivity contribution in [1.82, 2.24) is 30.0 Å². The maximum absolute atomic E-state index is 11.3. The molecule has 2 atom stereocenters. The number of aromatic nitrogens is 6. The third-order valence-corrected chi connectivity index (χ3v) is 10.1. The average molecular weight is 741 g/mol. The Bertz CT molecular complexity index is 2190. The van der Waals surface area contributed by atoms with Gasteiger partial charge in [0.25, 0.3) is 0 Å². The second-order valence-electron chi connectivity index (χ2n) is 16.7. The minimum Gasteiger partial charge on any atom is -0.505 e. The van der Waals surface area contributed by atoms with E-state index in [9.17, 15) is 10.2 Å². The molecule has 0 spiro atoms. The maximum Gasteiger partial charge on any atom is 0.146 e. The minimum absolute atomic E-state index is 0.0695. The summed E-state index contributed by atoms with van der Waals surface area (Å²) in [7, 11) is 0. The molecule has 0 aliphatic heterocycles. The van der Waals surface area contributed by atoms with E-state index in [4.69, 9.17) is 0 Å². The van der Waals surface area contributed by atoms with E-state index < -0.39 is 0 Å². The quantitative estimate of drug-likeness (QED) is 0.0903. The number of hydrogen-bond acceptors (Lipinski definition) is 6. The molecular weight excluding hydrogens is 681 g/mol. The van der Waals surface area contributed by atoms with E-state index in [1.54, 1.807) is 4.80 Å². The number of phenols is 2. The van der Waals surface area contributed by atoms with Crippen LogP contribution in [0.25, 0.3) is 33.4 Å². The summed E-state index contributed by atoms with van der Waals surface area (Å²) in [5.41, 5.74) is 8.70. The second-order valence-corrected chi connectivity index (χ2v) is 16.7. The highest BCUT2D eigenvalue weighted by Crippen LogP contribution is 2.42. The molecule has 0 aliphatic rings. The lowest BCUT2D eigenvalue weighted by Crippen LogP contribution is -2.25. The smallest absolute Gasteiger partial charge is 0.146 e. The van der Waals surface area contributed by atoms with Gasteiger partial charge in [-0.25, -0.2) is 0 Å². The number of allylic oxidation sites excluding steroid dienone is 3. The van der Waals surface area contributed by atoms with Crippen molar-refractivity contribution < 1.29 is 10.2 Å². The molecule has 0 saturated carbocycles. The van der Waals surface area contributed by atoms with Crippen LogP contribution in [0, 0.1) is 12.3 Å². The molecule has 55 heavy (non-hydrogen) atoms. The zero-order valence-corrected chi connectivity index (χ0v) is 34.3. The molecule has 2 N–H and O–H groups in total. The minimum atomic E-state index is -0.0695. The van der Waals surface area contributed by atoms with Gasteiger partial charge in [0.2, 0.25) is 0 Å². The standard InChI is InChI=1S/C26H35N3O.C21H25N3O/c1-8-12-18(9-2)20-15-19(26(6,7)17-25(3,4)5)16-23(24(20)30)29-27-21-13-10-11-14-22(21)28-29;1-4-5-6-7-10-16(3)17-13-15(2)14-20(21(17)25)24-22-18-11-8-9-12-19(18)23-24/h9-11,13-16,18,30H,2,8,12,17H2,1,3-7H3;7-14,16,25H,4-6H2,1-3H3. The first-order valence-corrected chi connectivity index (χ1v) is 19.8. The van der Waals surface area contributed by atoms with Gasteiger partial charge in [0, 0.05) is 23.0 Å². The zero-order valence-electron chi connectivity index (χ0n) is 34.3. The van der Waals surface area contributed by atoms with Crippen molar-refractivity contribution >= 4 is 22.1 Å². The summed E-state index contributed by atoms with van der Waals surface area (Å²) >= 11 is 0. The van der Waals surface area contributed by atoms with Gasteiger partial charge in [-0.3, -0.25) is 0 Å². The monoisotopic (exact) mass is 740 g/mol. The average Bonchev–Trinajstić information content (AvgIpc) is 3.77. The number of phenolic OH excluding ortho intramolecular Hbond substituents is 2. The van der Waals surface area contributed by atoms with Gasteiger partial charge in [-0.05, 0) is 84.5 Å². The van der Waals surface area contributed by atoms with E-state index in [1.807, 2.05) is 73.7 Å². The molecule has 0 bridgehead atoms. The summed E-state index contributed by atoms with van der Waals surface area (Å²) in [5.74, 6) is 0.715. The molecule has 0 saturated heterocycles. The normalized spacial score (nSPS) is 13.3. The van der Waals surface area contributed by atoms with Crippen LogP contribution >= 0.6 is 0 Å². The van der Waals surface area contributed by atoms with E-state index in [-0.39, 0.29) is 34.2 Å². The Hall–Kier alpha value is -5.24. The molecule has 8 heteroatoms. The van der Waals surface area contributed by atoms with Crippen LogP contribution in [0.5, 0.6) is 11.5 Å². The Morgan fingerprint density at radius 1 is 0.727 bits per heavy atom. The zero-order chi connectivity index (χ0) is 39.9. The van der Waals surface area contributed by atoms with Gasteiger partial charge in [-0.2, -0.15) is 0 Å². The van der Waals surface area contributed by atoms with Gasteiger partial charge in [-0.15, -0.1) is 36.6 Å². The number of hydrogen-bond donors (Lipinski definition) is 2. The molecule has 290 valence electrons. The predicted octanol–water partition coefficient (Wildman–Crippen LogP) is 12.2. The molecule has 2 unspecified atom stereocenters. The van der Waals surface area contributed by atoms with E-state index in [0.29, 0.717) is 11.4 Å². The first kappa shape index (κ1) is 40.9. The largest absolute Gasteiger partial charge is 0.505 e. The number of nitrogens with zero attached hydrogens (tertiary/aromatic N) is 6. The molecule has 8 nitrogen and oxygen atoms in total. The van der Waals surface area contributed by atoms with Gasteiger partial charge in [-0.1, -0.05) is 129 Å². The van der Waals surface area contributed by atoms with Gasteiger partial charge in [0.1, 0.15) is 44.9 Å². The molecule has 2 aromatic heterocycles. The fourth-order valence-corrected chi connectivity index (χ4v) is 7.55. The van der Waals surface area contributed by atoms with Crippen molar-refractivity contribution in [1.29, 1.82) is 0 Å². The topological polar surface area (TPSA) is 102 Å². The van der Waals surface area contributed by atoms with Gasteiger partial charge in [0.15, 0.2) is 0 Å². The Kier molecular flexibility index (Phi) is 13.0. The highest BCUT2D eigenvalue weighted by molar-refractivity contribution is 5.74. The van der Waals surface area contributed by atoms with Crippen molar-refractivity contribution in [3.05, 3.63) is 120 Å². The number of benzene rings is 4. The third kappa shape index (κ3) is 9.90. The molecule has 0 amide bonds. The number of rotatable bonds is 13. The summed E-state index contributed by atoms with van der Waals surface area (Å²) in [6, 6.07) is 23.7. The Morgan fingerprint density at radius 3 is 1.71 bits per heavy atom. The van der Waals surface area contributed by atoms with Crippen molar-refractivity contribution in [2.75, 3.05) is 0 Å². The number of aromatic hydroxyl groups is 2. The van der Waals surface area contributed by atoms with Crippen LogP contribution in [-0.2, 0) is 5.41 Å². The first-order valence-electron chi connectivity index (χ1n) is 19.8. The molecule has 4 aromatic carbocycles. The second kappa shape index (κ2) is 17.5. The SMILES string of the molecule is C=CC(CCC)c1cc(C(C)(C)CC(C)(C)C)cc(-n2nc3ccccc3n2)c1O.CCCCC=CC(C)c1cc(C)cc(-n2nc3ccccc3n2)c1O. The van der Waals surface area contributed by atoms with Crippen LogP contribution in [0.3, 0.4) is 0 Å². The molecule has 0 fully saturated rings. The maximum atomic E-state index is 11.3. The number of aryl methyl sites for hydroxylation is 1. The van der Waals surface area contributed by atoms with Crippen LogP contribution in [0.15, 0.2) is 97.6 Å². The highest BCUT2D eigenvalue weighted by atomic mass is 16.3. The molecule has 0 aliphatic carbocycles. The van der Waals surface area contributed by atoms with Gasteiger partial charge >= 0.3 is 0 Å².